The lowest BCUT2D eigenvalue weighted by Crippen LogP contribution is -2.16. The second kappa shape index (κ2) is 4.73. The SMILES string of the molecule is Nc1cc(-c2nc(C3CCCOC3)no2)ccn1. The summed E-state index contributed by atoms with van der Waals surface area (Å²) in [5.74, 6) is 1.86. The maximum absolute atomic E-state index is 5.62. The van der Waals surface area contributed by atoms with Gasteiger partial charge in [0, 0.05) is 24.3 Å². The molecule has 2 aromatic rings. The molecule has 6 nitrogen and oxygen atoms in total. The van der Waals surface area contributed by atoms with Crippen LogP contribution in [-0.4, -0.2) is 28.3 Å². The zero-order chi connectivity index (χ0) is 12.4. The molecule has 3 rings (SSSR count). The summed E-state index contributed by atoms with van der Waals surface area (Å²) in [5, 5.41) is 4.02. The van der Waals surface area contributed by atoms with Gasteiger partial charge in [0.25, 0.3) is 5.89 Å². The third-order valence-corrected chi connectivity index (χ3v) is 3.00. The minimum absolute atomic E-state index is 0.232. The largest absolute Gasteiger partial charge is 0.384 e. The van der Waals surface area contributed by atoms with Crippen LogP contribution < -0.4 is 5.73 Å². The smallest absolute Gasteiger partial charge is 0.258 e. The Bertz CT molecular complexity index is 534. The number of nitrogens with two attached hydrogens (primary N) is 1. The van der Waals surface area contributed by atoms with Crippen molar-refractivity contribution in [1.29, 1.82) is 0 Å². The highest BCUT2D eigenvalue weighted by Crippen LogP contribution is 2.25. The monoisotopic (exact) mass is 246 g/mol. The fourth-order valence-electron chi connectivity index (χ4n) is 2.04. The lowest BCUT2D eigenvalue weighted by atomic mass is 10.0. The maximum Gasteiger partial charge on any atom is 0.258 e. The van der Waals surface area contributed by atoms with Gasteiger partial charge in [-0.1, -0.05) is 5.16 Å². The predicted octanol–water partition coefficient (Wildman–Crippen LogP) is 1.61. The third kappa shape index (κ3) is 2.19. The number of ether oxygens (including phenoxy) is 1. The highest BCUT2D eigenvalue weighted by molar-refractivity contribution is 5.56. The molecule has 1 aliphatic rings. The number of hydrogen-bond donors (Lipinski definition) is 1. The molecule has 18 heavy (non-hydrogen) atoms. The summed E-state index contributed by atoms with van der Waals surface area (Å²) in [4.78, 5) is 8.33. The van der Waals surface area contributed by atoms with Gasteiger partial charge in [-0.2, -0.15) is 4.98 Å². The molecule has 0 aromatic carbocycles. The van der Waals surface area contributed by atoms with Gasteiger partial charge >= 0.3 is 0 Å². The fraction of sp³-hybridized carbons (Fsp3) is 0.417. The summed E-state index contributed by atoms with van der Waals surface area (Å²) < 4.78 is 10.7. The Balaban J connectivity index is 1.84. The van der Waals surface area contributed by atoms with Crippen LogP contribution in [0.15, 0.2) is 22.9 Å². The molecule has 0 bridgehead atoms. The number of aromatic nitrogens is 3. The molecule has 0 radical (unpaired) electrons. The molecule has 2 aromatic heterocycles. The van der Waals surface area contributed by atoms with Crippen LogP contribution in [0.4, 0.5) is 5.82 Å². The first kappa shape index (κ1) is 11.2. The molecule has 0 amide bonds. The van der Waals surface area contributed by atoms with E-state index >= 15 is 0 Å². The Morgan fingerprint density at radius 3 is 3.11 bits per heavy atom. The number of hydrogen-bond acceptors (Lipinski definition) is 6. The zero-order valence-electron chi connectivity index (χ0n) is 9.87. The second-order valence-electron chi connectivity index (χ2n) is 4.34. The van der Waals surface area contributed by atoms with Gasteiger partial charge in [0.1, 0.15) is 5.82 Å². The van der Waals surface area contributed by atoms with E-state index in [2.05, 4.69) is 15.1 Å². The maximum atomic E-state index is 5.62. The topological polar surface area (TPSA) is 87.1 Å². The summed E-state index contributed by atoms with van der Waals surface area (Å²) in [5.41, 5.74) is 6.41. The summed E-state index contributed by atoms with van der Waals surface area (Å²) in [6.07, 6.45) is 3.70. The van der Waals surface area contributed by atoms with E-state index in [-0.39, 0.29) is 5.92 Å². The molecule has 0 spiro atoms. The van der Waals surface area contributed by atoms with Crippen molar-refractivity contribution in [2.24, 2.45) is 0 Å². The van der Waals surface area contributed by atoms with Gasteiger partial charge in [0.05, 0.1) is 6.61 Å². The number of anilines is 1. The van der Waals surface area contributed by atoms with E-state index in [1.807, 2.05) is 0 Å². The van der Waals surface area contributed by atoms with E-state index in [4.69, 9.17) is 15.0 Å². The van der Waals surface area contributed by atoms with Crippen molar-refractivity contribution in [3.63, 3.8) is 0 Å². The third-order valence-electron chi connectivity index (χ3n) is 3.00. The molecule has 94 valence electrons. The van der Waals surface area contributed by atoms with Crippen LogP contribution in [0.2, 0.25) is 0 Å². The van der Waals surface area contributed by atoms with Gasteiger partial charge in [0.2, 0.25) is 0 Å². The average Bonchev–Trinajstić information content (AvgIpc) is 2.89. The molecule has 6 heteroatoms. The zero-order valence-corrected chi connectivity index (χ0v) is 9.87. The molecule has 2 N–H and O–H groups in total. The van der Waals surface area contributed by atoms with Crippen LogP contribution >= 0.6 is 0 Å². The Morgan fingerprint density at radius 1 is 1.39 bits per heavy atom. The minimum atomic E-state index is 0.232. The van der Waals surface area contributed by atoms with Gasteiger partial charge in [-0.15, -0.1) is 0 Å². The van der Waals surface area contributed by atoms with E-state index in [1.54, 1.807) is 18.3 Å². The van der Waals surface area contributed by atoms with Crippen molar-refractivity contribution >= 4 is 5.82 Å². The Morgan fingerprint density at radius 2 is 2.33 bits per heavy atom. The fourth-order valence-corrected chi connectivity index (χ4v) is 2.04. The van der Waals surface area contributed by atoms with Crippen LogP contribution in [0.5, 0.6) is 0 Å². The Labute approximate surface area is 104 Å². The van der Waals surface area contributed by atoms with Crippen molar-refractivity contribution in [2.75, 3.05) is 18.9 Å². The molecule has 1 atom stereocenters. The quantitative estimate of drug-likeness (QED) is 0.866. The Kier molecular flexibility index (Phi) is 2.93. The molecular formula is C12H14N4O2. The Hall–Kier alpha value is -1.95. The molecule has 0 saturated carbocycles. The number of rotatable bonds is 2. The first-order valence-corrected chi connectivity index (χ1v) is 5.96. The van der Waals surface area contributed by atoms with Crippen molar-refractivity contribution in [2.45, 2.75) is 18.8 Å². The predicted molar refractivity (Wildman–Crippen MR) is 64.7 cm³/mol. The standard InChI is InChI=1S/C12H14N4O2/c13-10-6-8(3-4-14-10)12-15-11(16-18-12)9-2-1-5-17-7-9/h3-4,6,9H,1-2,5,7H2,(H2,13,14). The number of nitrogen functional groups attached to an aromatic ring is 1. The van der Waals surface area contributed by atoms with Crippen LogP contribution in [0.1, 0.15) is 24.6 Å². The molecule has 1 fully saturated rings. The first-order valence-electron chi connectivity index (χ1n) is 5.96. The van der Waals surface area contributed by atoms with Gasteiger partial charge in [-0.3, -0.25) is 0 Å². The van der Waals surface area contributed by atoms with Crippen molar-refractivity contribution in [3.05, 3.63) is 24.2 Å². The van der Waals surface area contributed by atoms with E-state index in [0.29, 0.717) is 24.1 Å². The summed E-state index contributed by atoms with van der Waals surface area (Å²) >= 11 is 0. The molecule has 3 heterocycles. The van der Waals surface area contributed by atoms with Crippen molar-refractivity contribution in [1.82, 2.24) is 15.1 Å². The lowest BCUT2D eigenvalue weighted by molar-refractivity contribution is 0.0773. The van der Waals surface area contributed by atoms with Gasteiger partial charge < -0.3 is 15.0 Å². The molecule has 1 unspecified atom stereocenters. The number of pyridine rings is 1. The van der Waals surface area contributed by atoms with Gasteiger partial charge in [0.15, 0.2) is 5.82 Å². The molecule has 1 saturated heterocycles. The van der Waals surface area contributed by atoms with Crippen molar-refractivity contribution in [3.8, 4) is 11.5 Å². The normalized spacial score (nSPS) is 19.9. The van der Waals surface area contributed by atoms with Gasteiger partial charge in [-0.25, -0.2) is 4.98 Å². The molecule has 1 aliphatic heterocycles. The van der Waals surface area contributed by atoms with Crippen LogP contribution in [0.3, 0.4) is 0 Å². The van der Waals surface area contributed by atoms with Crippen LogP contribution in [0, 0.1) is 0 Å². The van der Waals surface area contributed by atoms with Gasteiger partial charge in [-0.05, 0) is 25.0 Å². The van der Waals surface area contributed by atoms with Crippen LogP contribution in [-0.2, 0) is 4.74 Å². The lowest BCUT2D eigenvalue weighted by Gasteiger charge is -2.18. The highest BCUT2D eigenvalue weighted by atomic mass is 16.5. The van der Waals surface area contributed by atoms with E-state index in [9.17, 15) is 0 Å². The van der Waals surface area contributed by atoms with E-state index in [0.717, 1.165) is 25.0 Å². The minimum Gasteiger partial charge on any atom is -0.384 e. The number of nitrogens with zero attached hydrogens (tertiary/aromatic N) is 3. The summed E-state index contributed by atoms with van der Waals surface area (Å²) in [6.45, 7) is 1.49. The van der Waals surface area contributed by atoms with E-state index in [1.165, 1.54) is 0 Å². The van der Waals surface area contributed by atoms with Crippen LogP contribution in [0.25, 0.3) is 11.5 Å². The van der Waals surface area contributed by atoms with E-state index < -0.39 is 0 Å². The highest BCUT2D eigenvalue weighted by Gasteiger charge is 2.21. The first-order chi connectivity index (χ1) is 8.83. The average molecular weight is 246 g/mol. The molecule has 0 aliphatic carbocycles. The summed E-state index contributed by atoms with van der Waals surface area (Å²) in [7, 11) is 0. The second-order valence-corrected chi connectivity index (χ2v) is 4.34. The van der Waals surface area contributed by atoms with Crippen molar-refractivity contribution < 1.29 is 9.26 Å². The molecular weight excluding hydrogens is 232 g/mol. The summed E-state index contributed by atoms with van der Waals surface area (Å²) in [6, 6.07) is 3.51.